The van der Waals surface area contributed by atoms with E-state index in [0.717, 1.165) is 40.4 Å². The lowest BCUT2D eigenvalue weighted by Crippen LogP contribution is -2.31. The van der Waals surface area contributed by atoms with Crippen LogP contribution in [-0.2, 0) is 24.3 Å². The Kier molecular flexibility index (Phi) is 6.98. The summed E-state index contributed by atoms with van der Waals surface area (Å²) < 4.78 is 0.925. The van der Waals surface area contributed by atoms with Crippen LogP contribution in [-0.4, -0.2) is 16.6 Å². The van der Waals surface area contributed by atoms with Crippen molar-refractivity contribution in [2.24, 2.45) is 5.92 Å². The predicted octanol–water partition coefficient (Wildman–Crippen LogP) is 6.20. The molecule has 0 aromatic heterocycles. The van der Waals surface area contributed by atoms with E-state index in [1.165, 1.54) is 0 Å². The molecule has 0 saturated heterocycles. The Morgan fingerprint density at radius 1 is 0.839 bits per heavy atom. The first-order chi connectivity index (χ1) is 15.1. The summed E-state index contributed by atoms with van der Waals surface area (Å²) in [6.45, 7) is 1.07. The molecule has 0 radical (unpaired) electrons. The van der Waals surface area contributed by atoms with Crippen molar-refractivity contribution in [1.29, 1.82) is 0 Å². The zero-order valence-electron chi connectivity index (χ0n) is 17.5. The second-order valence-corrected chi connectivity index (χ2v) is 9.02. The molecule has 3 aromatic rings. The number of nitrogens with zero attached hydrogens (tertiary/aromatic N) is 1. The molecule has 3 aromatic carbocycles. The fourth-order valence-corrected chi connectivity index (χ4v) is 4.10. The van der Waals surface area contributed by atoms with Crippen LogP contribution in [0.2, 0.25) is 0 Å². The molecule has 4 rings (SSSR count). The molecule has 0 heterocycles. The number of ketones is 1. The number of carbonyl (C=O) groups is 2. The lowest BCUT2D eigenvalue weighted by Gasteiger charge is -2.24. The van der Waals surface area contributed by atoms with Gasteiger partial charge in [0.15, 0.2) is 5.78 Å². The van der Waals surface area contributed by atoms with Crippen LogP contribution in [0.15, 0.2) is 83.3 Å². The Morgan fingerprint density at radius 2 is 1.48 bits per heavy atom. The first-order valence-corrected chi connectivity index (χ1v) is 11.6. The monoisotopic (exact) mass is 475 g/mol. The molecule has 0 bridgehead atoms. The third kappa shape index (κ3) is 5.92. The number of benzene rings is 3. The van der Waals surface area contributed by atoms with E-state index in [1.54, 1.807) is 0 Å². The molecule has 0 unspecified atom stereocenters. The zero-order valence-corrected chi connectivity index (χ0v) is 19.1. The highest BCUT2D eigenvalue weighted by atomic mass is 79.9. The first-order valence-electron chi connectivity index (χ1n) is 10.8. The third-order valence-corrected chi connectivity index (χ3v) is 6.44. The standard InChI is InChI=1S/C27H26BrNO2/c28-25-15-14-23(26(30)16-11-20-7-3-1-4-8-20)17-24(25)19-29(27(31)22-12-13-22)18-21-9-5-2-6-10-21/h1-10,14-15,17,22H,11-13,16,18-19H2. The van der Waals surface area contributed by atoms with Crippen molar-refractivity contribution in [3.8, 4) is 0 Å². The molecule has 0 aliphatic heterocycles. The summed E-state index contributed by atoms with van der Waals surface area (Å²) in [5.74, 6) is 0.482. The van der Waals surface area contributed by atoms with Crippen molar-refractivity contribution in [3.63, 3.8) is 0 Å². The molecule has 31 heavy (non-hydrogen) atoms. The summed E-state index contributed by atoms with van der Waals surface area (Å²) in [6, 6.07) is 25.9. The van der Waals surface area contributed by atoms with Gasteiger partial charge in [-0.25, -0.2) is 0 Å². The highest BCUT2D eigenvalue weighted by Crippen LogP contribution is 2.33. The van der Waals surface area contributed by atoms with Crippen LogP contribution < -0.4 is 0 Å². The molecular formula is C27H26BrNO2. The van der Waals surface area contributed by atoms with Gasteiger partial charge in [0.2, 0.25) is 5.91 Å². The highest BCUT2D eigenvalue weighted by molar-refractivity contribution is 9.10. The van der Waals surface area contributed by atoms with Crippen LogP contribution in [0.25, 0.3) is 0 Å². The average Bonchev–Trinajstić information content (AvgIpc) is 3.65. The minimum Gasteiger partial charge on any atom is -0.334 e. The number of carbonyl (C=O) groups excluding carboxylic acids is 2. The number of aryl methyl sites for hydroxylation is 1. The normalized spacial score (nSPS) is 13.1. The van der Waals surface area contributed by atoms with Gasteiger partial charge < -0.3 is 4.90 Å². The summed E-state index contributed by atoms with van der Waals surface area (Å²) in [5.41, 5.74) is 3.95. The van der Waals surface area contributed by atoms with E-state index < -0.39 is 0 Å². The van der Waals surface area contributed by atoms with Crippen LogP contribution in [0, 0.1) is 5.92 Å². The van der Waals surface area contributed by atoms with E-state index in [-0.39, 0.29) is 17.6 Å². The van der Waals surface area contributed by atoms with Gasteiger partial charge in [0.1, 0.15) is 0 Å². The van der Waals surface area contributed by atoms with Crippen molar-refractivity contribution < 1.29 is 9.59 Å². The number of halogens is 1. The van der Waals surface area contributed by atoms with Gasteiger partial charge in [0, 0.05) is 35.5 Å². The fourth-order valence-electron chi connectivity index (χ4n) is 3.73. The van der Waals surface area contributed by atoms with Gasteiger partial charge >= 0.3 is 0 Å². The predicted molar refractivity (Wildman–Crippen MR) is 127 cm³/mol. The summed E-state index contributed by atoms with van der Waals surface area (Å²) in [4.78, 5) is 27.7. The van der Waals surface area contributed by atoms with Crippen LogP contribution >= 0.6 is 15.9 Å². The van der Waals surface area contributed by atoms with Gasteiger partial charge in [-0.05, 0) is 48.1 Å². The van der Waals surface area contributed by atoms with E-state index in [0.29, 0.717) is 25.1 Å². The van der Waals surface area contributed by atoms with E-state index >= 15 is 0 Å². The zero-order chi connectivity index (χ0) is 21.6. The molecule has 0 spiro atoms. The van der Waals surface area contributed by atoms with Crippen LogP contribution in [0.1, 0.15) is 46.3 Å². The first kappa shape index (κ1) is 21.5. The Labute approximate surface area is 192 Å². The fraction of sp³-hybridized carbons (Fsp3) is 0.259. The van der Waals surface area contributed by atoms with Crippen molar-refractivity contribution in [3.05, 3.63) is 106 Å². The van der Waals surface area contributed by atoms with Gasteiger partial charge in [-0.1, -0.05) is 82.7 Å². The molecule has 1 amide bonds. The summed E-state index contributed by atoms with van der Waals surface area (Å²) in [5, 5.41) is 0. The molecule has 1 aliphatic rings. The van der Waals surface area contributed by atoms with E-state index in [1.807, 2.05) is 83.8 Å². The lowest BCUT2D eigenvalue weighted by atomic mass is 10.0. The maximum Gasteiger partial charge on any atom is 0.226 e. The van der Waals surface area contributed by atoms with Crippen LogP contribution in [0.4, 0.5) is 0 Å². The van der Waals surface area contributed by atoms with Gasteiger partial charge in [-0.2, -0.15) is 0 Å². The minimum atomic E-state index is 0.126. The smallest absolute Gasteiger partial charge is 0.226 e. The molecule has 0 atom stereocenters. The third-order valence-electron chi connectivity index (χ3n) is 5.67. The van der Waals surface area contributed by atoms with Crippen molar-refractivity contribution >= 4 is 27.6 Å². The van der Waals surface area contributed by atoms with E-state index in [4.69, 9.17) is 0 Å². The number of amides is 1. The number of rotatable bonds is 9. The molecule has 4 heteroatoms. The average molecular weight is 476 g/mol. The van der Waals surface area contributed by atoms with Gasteiger partial charge in [-0.15, -0.1) is 0 Å². The molecule has 0 N–H and O–H groups in total. The van der Waals surface area contributed by atoms with Gasteiger partial charge in [0.25, 0.3) is 0 Å². The maximum atomic E-state index is 12.9. The van der Waals surface area contributed by atoms with Crippen LogP contribution in [0.3, 0.4) is 0 Å². The summed E-state index contributed by atoms with van der Waals surface area (Å²) >= 11 is 3.62. The van der Waals surface area contributed by atoms with Gasteiger partial charge in [0.05, 0.1) is 0 Å². The molecule has 158 valence electrons. The molecule has 1 aliphatic carbocycles. The molecule has 1 fully saturated rings. The van der Waals surface area contributed by atoms with E-state index in [2.05, 4.69) is 15.9 Å². The van der Waals surface area contributed by atoms with Gasteiger partial charge in [-0.3, -0.25) is 9.59 Å². The van der Waals surface area contributed by atoms with E-state index in [9.17, 15) is 9.59 Å². The molecular weight excluding hydrogens is 450 g/mol. The second kappa shape index (κ2) is 10.1. The number of hydrogen-bond donors (Lipinski definition) is 0. The lowest BCUT2D eigenvalue weighted by molar-refractivity contribution is -0.133. The Bertz CT molecular complexity index is 1050. The maximum absolute atomic E-state index is 12.9. The number of Topliss-reactive ketones (excluding diaryl/α,β-unsaturated/α-hetero) is 1. The van der Waals surface area contributed by atoms with Crippen molar-refractivity contribution in [2.45, 2.75) is 38.8 Å². The highest BCUT2D eigenvalue weighted by Gasteiger charge is 2.33. The largest absolute Gasteiger partial charge is 0.334 e. The van der Waals surface area contributed by atoms with Crippen molar-refractivity contribution in [1.82, 2.24) is 4.90 Å². The Morgan fingerprint density at radius 3 is 2.13 bits per heavy atom. The Balaban J connectivity index is 1.49. The van der Waals surface area contributed by atoms with Crippen LogP contribution in [0.5, 0.6) is 0 Å². The molecule has 1 saturated carbocycles. The summed E-state index contributed by atoms with van der Waals surface area (Å²) in [6.07, 6.45) is 3.15. The topological polar surface area (TPSA) is 37.4 Å². The molecule has 3 nitrogen and oxygen atoms in total. The SMILES string of the molecule is O=C(CCc1ccccc1)c1ccc(Br)c(CN(Cc2ccccc2)C(=O)C2CC2)c1. The van der Waals surface area contributed by atoms with Crippen molar-refractivity contribution in [2.75, 3.05) is 0 Å². The Hall–Kier alpha value is -2.72. The summed E-state index contributed by atoms with van der Waals surface area (Å²) in [7, 11) is 0. The quantitative estimate of drug-likeness (QED) is 0.345. The second-order valence-electron chi connectivity index (χ2n) is 8.17. The minimum absolute atomic E-state index is 0.126. The number of hydrogen-bond acceptors (Lipinski definition) is 2.